The number of nitrogens with one attached hydrogen (secondary N) is 1. The molecule has 9 heteroatoms. The van der Waals surface area contributed by atoms with Gasteiger partial charge in [0.2, 0.25) is 0 Å². The summed E-state index contributed by atoms with van der Waals surface area (Å²) in [6.45, 7) is 2.94. The lowest BCUT2D eigenvalue weighted by Crippen LogP contribution is -2.17. The first-order valence-corrected chi connectivity index (χ1v) is 10.1. The Morgan fingerprint density at radius 3 is 2.69 bits per heavy atom. The molecule has 0 atom stereocenters. The molecular weight excluding hydrogens is 435 g/mol. The first-order chi connectivity index (χ1) is 15.4. The molecule has 1 aromatic heterocycles. The molecule has 1 amide bonds. The van der Waals surface area contributed by atoms with Crippen LogP contribution in [-0.4, -0.2) is 28.9 Å². The van der Waals surface area contributed by atoms with Gasteiger partial charge in [0.1, 0.15) is 35.8 Å². The van der Waals surface area contributed by atoms with E-state index in [-0.39, 0.29) is 16.5 Å². The van der Waals surface area contributed by atoms with Crippen LogP contribution in [0.3, 0.4) is 0 Å². The highest BCUT2D eigenvalue weighted by molar-refractivity contribution is 6.31. The van der Waals surface area contributed by atoms with Crippen molar-refractivity contribution in [3.05, 3.63) is 75.8 Å². The molecular formula is C23H18ClFN4O3. The SMILES string of the molecule is Cc1nn(Cc2ccc(F)cc2)c(Cl)c1C=C(C#N)C(=O)Nc1ccc2c(c1)OCCO2. The summed E-state index contributed by atoms with van der Waals surface area (Å²) in [5, 5.41) is 16.9. The van der Waals surface area contributed by atoms with Gasteiger partial charge in [-0.1, -0.05) is 23.7 Å². The van der Waals surface area contributed by atoms with Crippen molar-refractivity contribution in [2.75, 3.05) is 18.5 Å². The summed E-state index contributed by atoms with van der Waals surface area (Å²) in [5.74, 6) is 0.201. The smallest absolute Gasteiger partial charge is 0.266 e. The lowest BCUT2D eigenvalue weighted by molar-refractivity contribution is -0.112. The Morgan fingerprint density at radius 2 is 1.97 bits per heavy atom. The number of rotatable bonds is 5. The van der Waals surface area contributed by atoms with Gasteiger partial charge in [0.15, 0.2) is 11.5 Å². The van der Waals surface area contributed by atoms with Crippen LogP contribution in [0.5, 0.6) is 11.5 Å². The summed E-state index contributed by atoms with van der Waals surface area (Å²) in [4.78, 5) is 12.7. The maximum absolute atomic E-state index is 13.1. The van der Waals surface area contributed by atoms with E-state index < -0.39 is 5.91 Å². The summed E-state index contributed by atoms with van der Waals surface area (Å²) in [7, 11) is 0. The first kappa shape index (κ1) is 21.4. The normalized spacial score (nSPS) is 12.9. The van der Waals surface area contributed by atoms with E-state index >= 15 is 0 Å². The number of ether oxygens (including phenoxy) is 2. The van der Waals surface area contributed by atoms with Gasteiger partial charge < -0.3 is 14.8 Å². The highest BCUT2D eigenvalue weighted by Crippen LogP contribution is 2.33. The van der Waals surface area contributed by atoms with Gasteiger partial charge in [0, 0.05) is 17.3 Å². The number of hydrogen-bond acceptors (Lipinski definition) is 5. The second-order valence-electron chi connectivity index (χ2n) is 7.06. The number of benzene rings is 2. The van der Waals surface area contributed by atoms with Gasteiger partial charge in [-0.2, -0.15) is 10.4 Å². The monoisotopic (exact) mass is 452 g/mol. The minimum atomic E-state index is -0.592. The van der Waals surface area contributed by atoms with Crippen molar-refractivity contribution in [3.8, 4) is 17.6 Å². The van der Waals surface area contributed by atoms with E-state index in [9.17, 15) is 14.4 Å². The van der Waals surface area contributed by atoms with E-state index in [0.29, 0.717) is 48.2 Å². The standard InChI is InChI=1S/C23H18ClFN4O3/c1-14-19(22(24)29(28-14)13-15-2-4-17(25)5-3-15)10-16(12-26)23(30)27-18-6-7-20-21(11-18)32-9-8-31-20/h2-7,10-11H,8-9,13H2,1H3,(H,27,30). The third-order valence-corrected chi connectivity index (χ3v) is 5.21. The van der Waals surface area contributed by atoms with Crippen LogP contribution in [0, 0.1) is 24.1 Å². The molecule has 4 rings (SSSR count). The van der Waals surface area contributed by atoms with E-state index in [2.05, 4.69) is 10.4 Å². The van der Waals surface area contributed by atoms with E-state index in [1.807, 2.05) is 6.07 Å². The number of carbonyl (C=O) groups excluding carboxylic acids is 1. The van der Waals surface area contributed by atoms with E-state index in [0.717, 1.165) is 5.56 Å². The molecule has 1 aliphatic rings. The molecule has 0 spiro atoms. The van der Waals surface area contributed by atoms with Gasteiger partial charge in [0.25, 0.3) is 5.91 Å². The summed E-state index contributed by atoms with van der Waals surface area (Å²) in [5.41, 5.74) is 2.16. The van der Waals surface area contributed by atoms with Crippen molar-refractivity contribution in [1.82, 2.24) is 9.78 Å². The second-order valence-corrected chi connectivity index (χ2v) is 7.41. The predicted molar refractivity (Wildman–Crippen MR) is 117 cm³/mol. The van der Waals surface area contributed by atoms with Gasteiger partial charge in [-0.3, -0.25) is 4.79 Å². The van der Waals surface area contributed by atoms with Crippen LogP contribution in [0.1, 0.15) is 16.8 Å². The number of nitrogens with zero attached hydrogens (tertiary/aromatic N) is 3. The Bertz CT molecular complexity index is 1250. The summed E-state index contributed by atoms with van der Waals surface area (Å²) < 4.78 is 25.6. The third kappa shape index (κ3) is 4.58. The first-order valence-electron chi connectivity index (χ1n) is 9.75. The van der Waals surface area contributed by atoms with Gasteiger partial charge in [-0.15, -0.1) is 0 Å². The number of fused-ring (bicyclic) bond motifs is 1. The fraction of sp³-hybridized carbons (Fsp3) is 0.174. The number of aryl methyl sites for hydroxylation is 1. The van der Waals surface area contributed by atoms with Crippen molar-refractivity contribution in [2.45, 2.75) is 13.5 Å². The Balaban J connectivity index is 1.55. The molecule has 0 aliphatic carbocycles. The molecule has 32 heavy (non-hydrogen) atoms. The Labute approximate surface area is 188 Å². The average molecular weight is 453 g/mol. The summed E-state index contributed by atoms with van der Waals surface area (Å²) >= 11 is 6.47. The zero-order valence-corrected chi connectivity index (χ0v) is 17.8. The van der Waals surface area contributed by atoms with Crippen molar-refractivity contribution in [2.24, 2.45) is 0 Å². The lowest BCUT2D eigenvalue weighted by atomic mass is 10.1. The molecule has 2 aromatic carbocycles. The van der Waals surface area contributed by atoms with Crippen LogP contribution in [0.2, 0.25) is 5.15 Å². The molecule has 0 bridgehead atoms. The molecule has 7 nitrogen and oxygen atoms in total. The number of anilines is 1. The van der Waals surface area contributed by atoms with Gasteiger partial charge in [0.05, 0.1) is 12.2 Å². The van der Waals surface area contributed by atoms with Crippen LogP contribution in [0.15, 0.2) is 48.0 Å². The maximum Gasteiger partial charge on any atom is 0.266 e. The molecule has 0 unspecified atom stereocenters. The fourth-order valence-corrected chi connectivity index (χ4v) is 3.50. The minimum Gasteiger partial charge on any atom is -0.486 e. The topological polar surface area (TPSA) is 89.2 Å². The third-order valence-electron chi connectivity index (χ3n) is 4.81. The van der Waals surface area contributed by atoms with E-state index in [1.165, 1.54) is 22.9 Å². The number of carbonyl (C=O) groups is 1. The van der Waals surface area contributed by atoms with Crippen molar-refractivity contribution in [1.29, 1.82) is 5.26 Å². The highest BCUT2D eigenvalue weighted by Gasteiger charge is 2.18. The molecule has 3 aromatic rings. The van der Waals surface area contributed by atoms with Crippen LogP contribution in [-0.2, 0) is 11.3 Å². The quantitative estimate of drug-likeness (QED) is 0.459. The largest absolute Gasteiger partial charge is 0.486 e. The second kappa shape index (κ2) is 9.12. The minimum absolute atomic E-state index is 0.133. The van der Waals surface area contributed by atoms with E-state index in [1.54, 1.807) is 37.3 Å². The molecule has 0 fully saturated rings. The van der Waals surface area contributed by atoms with E-state index in [4.69, 9.17) is 21.1 Å². The molecule has 162 valence electrons. The van der Waals surface area contributed by atoms with Crippen LogP contribution in [0.25, 0.3) is 6.08 Å². The summed E-state index contributed by atoms with van der Waals surface area (Å²) in [6, 6.07) is 12.9. The molecule has 1 N–H and O–H groups in total. The predicted octanol–water partition coefficient (Wildman–Crippen LogP) is 4.35. The number of hydrogen-bond donors (Lipinski definition) is 1. The number of amides is 1. The molecule has 0 radical (unpaired) electrons. The van der Waals surface area contributed by atoms with Gasteiger partial charge in [-0.25, -0.2) is 9.07 Å². The summed E-state index contributed by atoms with van der Waals surface area (Å²) in [6.07, 6.45) is 1.40. The van der Waals surface area contributed by atoms with Crippen LogP contribution in [0.4, 0.5) is 10.1 Å². The zero-order chi connectivity index (χ0) is 22.7. The van der Waals surface area contributed by atoms with Crippen LogP contribution >= 0.6 is 11.6 Å². The van der Waals surface area contributed by atoms with Crippen molar-refractivity contribution in [3.63, 3.8) is 0 Å². The highest BCUT2D eigenvalue weighted by atomic mass is 35.5. The Morgan fingerprint density at radius 1 is 1.25 bits per heavy atom. The fourth-order valence-electron chi connectivity index (χ4n) is 3.21. The zero-order valence-electron chi connectivity index (χ0n) is 17.1. The number of aromatic nitrogens is 2. The van der Waals surface area contributed by atoms with Crippen LogP contribution < -0.4 is 14.8 Å². The van der Waals surface area contributed by atoms with Crippen molar-refractivity contribution < 1.29 is 18.7 Å². The molecule has 2 heterocycles. The number of halogens is 2. The van der Waals surface area contributed by atoms with Crippen molar-refractivity contribution >= 4 is 29.3 Å². The Hall–Kier alpha value is -3.83. The van der Waals surface area contributed by atoms with Gasteiger partial charge >= 0.3 is 0 Å². The van der Waals surface area contributed by atoms with Gasteiger partial charge in [-0.05, 0) is 42.8 Å². The Kier molecular flexibility index (Phi) is 6.10. The lowest BCUT2D eigenvalue weighted by Gasteiger charge is -2.18. The molecule has 0 saturated heterocycles. The maximum atomic E-state index is 13.1. The molecule has 0 saturated carbocycles. The number of nitriles is 1. The molecule has 1 aliphatic heterocycles. The average Bonchev–Trinajstić information content (AvgIpc) is 3.05.